The smallest absolute Gasteiger partial charge is 0.340 e. The largest absolute Gasteiger partial charge is 0.465 e. The Hall–Kier alpha value is -2.54. The summed E-state index contributed by atoms with van der Waals surface area (Å²) in [5.41, 5.74) is 4.20. The van der Waals surface area contributed by atoms with E-state index in [1.807, 2.05) is 6.92 Å². The molecule has 0 atom stereocenters. The Morgan fingerprint density at radius 3 is 2.48 bits per heavy atom. The first kappa shape index (κ1) is 19.2. The van der Waals surface area contributed by atoms with Gasteiger partial charge in [0.05, 0.1) is 12.7 Å². The predicted octanol–water partition coefficient (Wildman–Crippen LogP) is 3.81. The maximum absolute atomic E-state index is 12.7. The second kappa shape index (κ2) is 8.00. The minimum atomic E-state index is -0.436. The molecule has 1 aromatic carbocycles. The number of urea groups is 1. The molecule has 6 nitrogen and oxygen atoms in total. The van der Waals surface area contributed by atoms with E-state index in [1.54, 1.807) is 11.0 Å². The third kappa shape index (κ3) is 4.08. The van der Waals surface area contributed by atoms with Gasteiger partial charge in [-0.05, 0) is 44.0 Å². The lowest BCUT2D eigenvalue weighted by Gasteiger charge is -2.37. The highest BCUT2D eigenvalue weighted by atomic mass is 32.1. The summed E-state index contributed by atoms with van der Waals surface area (Å²) in [6.45, 7) is 8.99. The Kier molecular flexibility index (Phi) is 5.70. The summed E-state index contributed by atoms with van der Waals surface area (Å²) in [5, 5.41) is 3.42. The van der Waals surface area contributed by atoms with Crippen LogP contribution < -0.4 is 10.2 Å². The van der Waals surface area contributed by atoms with Gasteiger partial charge < -0.3 is 14.5 Å². The zero-order chi connectivity index (χ0) is 19.6. The summed E-state index contributed by atoms with van der Waals surface area (Å²) in [4.78, 5) is 29.6. The minimum Gasteiger partial charge on any atom is -0.465 e. The minimum absolute atomic E-state index is 0.178. The van der Waals surface area contributed by atoms with E-state index in [4.69, 9.17) is 4.74 Å². The number of ether oxygens (including phenoxy) is 1. The standard InChI is InChI=1S/C20H25N3O3S/c1-13-6-5-7-17(15(13)3)22-8-10-23(11-9-22)20(25)21-18-16(19(24)26-4)12-14(2)27-18/h5-7,12H,8-11H2,1-4H3,(H,21,25). The molecule has 2 aromatic rings. The molecule has 27 heavy (non-hydrogen) atoms. The molecule has 0 unspecified atom stereocenters. The number of hydrogen-bond donors (Lipinski definition) is 1. The van der Waals surface area contributed by atoms with E-state index in [2.05, 4.69) is 42.3 Å². The van der Waals surface area contributed by atoms with Gasteiger partial charge in [0.1, 0.15) is 5.00 Å². The van der Waals surface area contributed by atoms with E-state index in [0.717, 1.165) is 18.0 Å². The van der Waals surface area contributed by atoms with Gasteiger partial charge in [-0.2, -0.15) is 0 Å². The van der Waals surface area contributed by atoms with Gasteiger partial charge in [0.25, 0.3) is 0 Å². The lowest BCUT2D eigenvalue weighted by atomic mass is 10.1. The SMILES string of the molecule is COC(=O)c1cc(C)sc1NC(=O)N1CCN(c2cccc(C)c2C)CC1. The van der Waals surface area contributed by atoms with Crippen LogP contribution in [0.5, 0.6) is 0 Å². The number of hydrogen-bond acceptors (Lipinski definition) is 5. The molecule has 1 aromatic heterocycles. The van der Waals surface area contributed by atoms with Gasteiger partial charge in [-0.3, -0.25) is 5.32 Å². The maximum Gasteiger partial charge on any atom is 0.340 e. The second-order valence-electron chi connectivity index (χ2n) is 6.71. The summed E-state index contributed by atoms with van der Waals surface area (Å²) >= 11 is 1.38. The van der Waals surface area contributed by atoms with Gasteiger partial charge in [0.2, 0.25) is 0 Å². The molecular formula is C20H25N3O3S. The fourth-order valence-corrected chi connectivity index (χ4v) is 4.16. The summed E-state index contributed by atoms with van der Waals surface area (Å²) in [7, 11) is 1.34. The van der Waals surface area contributed by atoms with Crippen LogP contribution in [0.1, 0.15) is 26.4 Å². The van der Waals surface area contributed by atoms with Crippen molar-refractivity contribution in [3.05, 3.63) is 45.8 Å². The third-order valence-electron chi connectivity index (χ3n) is 4.96. The van der Waals surface area contributed by atoms with Gasteiger partial charge in [0.15, 0.2) is 0 Å². The monoisotopic (exact) mass is 387 g/mol. The van der Waals surface area contributed by atoms with Crippen molar-refractivity contribution in [1.82, 2.24) is 4.90 Å². The van der Waals surface area contributed by atoms with Crippen LogP contribution in [0.25, 0.3) is 0 Å². The first-order valence-electron chi connectivity index (χ1n) is 8.96. The van der Waals surface area contributed by atoms with Gasteiger partial charge in [-0.25, -0.2) is 9.59 Å². The molecule has 0 aliphatic carbocycles. The number of nitrogens with zero attached hydrogens (tertiary/aromatic N) is 2. The average Bonchev–Trinajstić information content (AvgIpc) is 3.03. The summed E-state index contributed by atoms with van der Waals surface area (Å²) in [6, 6.07) is 7.89. The highest BCUT2D eigenvalue weighted by Crippen LogP contribution is 2.29. The van der Waals surface area contributed by atoms with Crippen molar-refractivity contribution >= 4 is 34.0 Å². The van der Waals surface area contributed by atoms with Crippen molar-refractivity contribution in [1.29, 1.82) is 0 Å². The quantitative estimate of drug-likeness (QED) is 0.814. The number of anilines is 2. The molecular weight excluding hydrogens is 362 g/mol. The fraction of sp³-hybridized carbons (Fsp3) is 0.400. The lowest BCUT2D eigenvalue weighted by Crippen LogP contribution is -2.50. The number of esters is 1. The Morgan fingerprint density at radius 2 is 1.81 bits per heavy atom. The molecule has 1 aliphatic rings. The van der Waals surface area contributed by atoms with Gasteiger partial charge in [0, 0.05) is 36.7 Å². The molecule has 0 radical (unpaired) electrons. The van der Waals surface area contributed by atoms with Crippen molar-refractivity contribution < 1.29 is 14.3 Å². The molecule has 144 valence electrons. The van der Waals surface area contributed by atoms with E-state index < -0.39 is 5.97 Å². The highest BCUT2D eigenvalue weighted by molar-refractivity contribution is 7.16. The maximum atomic E-state index is 12.7. The molecule has 3 rings (SSSR count). The number of benzene rings is 1. The van der Waals surface area contributed by atoms with E-state index >= 15 is 0 Å². The van der Waals surface area contributed by atoms with E-state index in [-0.39, 0.29) is 6.03 Å². The van der Waals surface area contributed by atoms with Crippen molar-refractivity contribution in [2.75, 3.05) is 43.5 Å². The molecule has 0 saturated carbocycles. The zero-order valence-corrected chi connectivity index (χ0v) is 17.0. The van der Waals surface area contributed by atoms with Crippen molar-refractivity contribution in [3.8, 4) is 0 Å². The number of nitrogens with one attached hydrogen (secondary N) is 1. The molecule has 1 aliphatic heterocycles. The summed E-state index contributed by atoms with van der Waals surface area (Å²) in [5.74, 6) is -0.436. The zero-order valence-electron chi connectivity index (χ0n) is 16.2. The average molecular weight is 388 g/mol. The van der Waals surface area contributed by atoms with Crippen molar-refractivity contribution in [2.45, 2.75) is 20.8 Å². The van der Waals surface area contributed by atoms with Crippen LogP contribution in [-0.2, 0) is 4.74 Å². The summed E-state index contributed by atoms with van der Waals surface area (Å²) in [6.07, 6.45) is 0. The second-order valence-corrected chi connectivity index (χ2v) is 7.97. The van der Waals surface area contributed by atoms with E-state index in [9.17, 15) is 9.59 Å². The Balaban J connectivity index is 1.64. The van der Waals surface area contributed by atoms with Crippen LogP contribution >= 0.6 is 11.3 Å². The molecule has 0 bridgehead atoms. The number of methoxy groups -OCH3 is 1. The van der Waals surface area contributed by atoms with Crippen LogP contribution in [0.3, 0.4) is 0 Å². The van der Waals surface area contributed by atoms with Crippen molar-refractivity contribution in [3.63, 3.8) is 0 Å². The predicted molar refractivity (Wildman–Crippen MR) is 109 cm³/mol. The number of amides is 2. The lowest BCUT2D eigenvalue weighted by molar-refractivity contribution is 0.0602. The fourth-order valence-electron chi connectivity index (χ4n) is 3.27. The molecule has 2 heterocycles. The highest BCUT2D eigenvalue weighted by Gasteiger charge is 2.24. The number of aryl methyl sites for hydroxylation is 2. The molecule has 0 spiro atoms. The van der Waals surface area contributed by atoms with Gasteiger partial charge >= 0.3 is 12.0 Å². The molecule has 1 saturated heterocycles. The van der Waals surface area contributed by atoms with Crippen LogP contribution in [-0.4, -0.2) is 50.2 Å². The summed E-state index contributed by atoms with van der Waals surface area (Å²) < 4.78 is 4.80. The number of thiophene rings is 1. The van der Waals surface area contributed by atoms with Crippen LogP contribution in [0, 0.1) is 20.8 Å². The van der Waals surface area contributed by atoms with Gasteiger partial charge in [-0.1, -0.05) is 12.1 Å². The molecule has 7 heteroatoms. The first-order valence-corrected chi connectivity index (χ1v) is 9.78. The van der Waals surface area contributed by atoms with Gasteiger partial charge in [-0.15, -0.1) is 11.3 Å². The molecule has 2 amide bonds. The van der Waals surface area contributed by atoms with Crippen molar-refractivity contribution in [2.24, 2.45) is 0 Å². The van der Waals surface area contributed by atoms with E-state index in [1.165, 1.54) is 35.3 Å². The Labute approximate surface area is 163 Å². The van der Waals surface area contributed by atoms with Crippen LogP contribution in [0.4, 0.5) is 15.5 Å². The first-order chi connectivity index (χ1) is 12.9. The van der Waals surface area contributed by atoms with E-state index in [0.29, 0.717) is 23.7 Å². The Morgan fingerprint density at radius 1 is 1.11 bits per heavy atom. The Bertz CT molecular complexity index is 854. The number of piperazine rings is 1. The normalized spacial score (nSPS) is 14.2. The third-order valence-corrected chi connectivity index (χ3v) is 5.93. The molecule has 1 N–H and O–H groups in total. The topological polar surface area (TPSA) is 61.9 Å². The number of rotatable bonds is 3. The number of carbonyl (C=O) groups excluding carboxylic acids is 2. The van der Waals surface area contributed by atoms with Crippen LogP contribution in [0.2, 0.25) is 0 Å². The van der Waals surface area contributed by atoms with Crippen LogP contribution in [0.15, 0.2) is 24.3 Å². The molecule has 1 fully saturated rings. The number of carbonyl (C=O) groups is 2.